The number of carbonyl (C=O) groups excluding carboxylic acids is 1. The van der Waals surface area contributed by atoms with E-state index >= 15 is 0 Å². The third-order valence-corrected chi connectivity index (χ3v) is 8.19. The van der Waals surface area contributed by atoms with Crippen LogP contribution >= 0.6 is 23.4 Å². The number of carbonyl (C=O) groups is 1. The summed E-state index contributed by atoms with van der Waals surface area (Å²) in [5, 5.41) is 4.33. The van der Waals surface area contributed by atoms with E-state index in [-0.39, 0.29) is 12.3 Å². The van der Waals surface area contributed by atoms with Crippen LogP contribution in [0, 0.1) is 0 Å². The molecule has 0 saturated carbocycles. The number of hydrogen-bond acceptors (Lipinski definition) is 8. The van der Waals surface area contributed by atoms with E-state index < -0.39 is 5.60 Å². The molecule has 2 aliphatic heterocycles. The lowest BCUT2D eigenvalue weighted by molar-refractivity contribution is -0.965. The number of nitrogen functional groups attached to an aromatic ring is 1. The number of piperazine rings is 1. The number of pyridine rings is 1. The Labute approximate surface area is 226 Å². The lowest BCUT2D eigenvalue weighted by atomic mass is 10.1. The van der Waals surface area contributed by atoms with E-state index in [1.165, 1.54) is 22.9 Å². The predicted molar refractivity (Wildman–Crippen MR) is 144 cm³/mol. The van der Waals surface area contributed by atoms with Crippen molar-refractivity contribution in [2.75, 3.05) is 36.8 Å². The van der Waals surface area contributed by atoms with E-state index in [1.807, 2.05) is 32.9 Å². The van der Waals surface area contributed by atoms with Crippen molar-refractivity contribution in [3.05, 3.63) is 65.1 Å². The number of benzene rings is 1. The highest BCUT2D eigenvalue weighted by Gasteiger charge is 2.48. The van der Waals surface area contributed by atoms with Gasteiger partial charge in [0.1, 0.15) is 28.8 Å². The molecule has 2 aromatic heterocycles. The Morgan fingerprint density at radius 3 is 2.62 bits per heavy atom. The zero-order valence-electron chi connectivity index (χ0n) is 21.1. The molecule has 0 radical (unpaired) electrons. The molecule has 3 aromatic rings. The summed E-state index contributed by atoms with van der Waals surface area (Å²) in [4.78, 5) is 29.0. The van der Waals surface area contributed by atoms with Gasteiger partial charge in [-0.3, -0.25) is 9.80 Å². The summed E-state index contributed by atoms with van der Waals surface area (Å²) in [5.41, 5.74) is 7.69. The quantitative estimate of drug-likeness (QED) is 0.461. The first-order valence-electron chi connectivity index (χ1n) is 12.2. The van der Waals surface area contributed by atoms with Crippen molar-refractivity contribution in [3.63, 3.8) is 0 Å². The zero-order valence-corrected chi connectivity index (χ0v) is 22.7. The molecule has 2 aliphatic rings. The number of nitrogens with zero attached hydrogens (tertiary/aromatic N) is 5. The van der Waals surface area contributed by atoms with Gasteiger partial charge in [0.05, 0.1) is 43.6 Å². The predicted octanol–water partition coefficient (Wildman–Crippen LogP) is 4.63. The van der Waals surface area contributed by atoms with Gasteiger partial charge in [0.25, 0.3) is 0 Å². The molecule has 5 rings (SSSR count). The molecule has 1 spiro atoms. The Kier molecular flexibility index (Phi) is 6.91. The van der Waals surface area contributed by atoms with E-state index in [9.17, 15) is 4.79 Å². The van der Waals surface area contributed by atoms with Crippen molar-refractivity contribution in [2.45, 2.75) is 49.0 Å². The molecule has 0 bridgehead atoms. The number of ether oxygens (including phenoxy) is 1. The standard InChI is InChI=1S/C26H30ClN7O2S/c1-26(2,3)36-25(35)32-24-18-7-5-4-6-17(18)16-34(24)12-10-33(11-13-34)20-14-31-21(15-30-20)37-19-8-9-29-23(28)22(19)27/h4-9,14-15,24H,10-13,16H2,1-3H3,(H2-,28,29,32,35)/p+1/t24-/m0/s1. The molecule has 0 unspecified atom stereocenters. The van der Waals surface area contributed by atoms with E-state index in [0.29, 0.717) is 10.8 Å². The summed E-state index contributed by atoms with van der Waals surface area (Å²) in [6.07, 6.45) is 4.65. The summed E-state index contributed by atoms with van der Waals surface area (Å²) in [5.74, 6) is 1.13. The van der Waals surface area contributed by atoms with Gasteiger partial charge in [0, 0.05) is 22.2 Å². The van der Waals surface area contributed by atoms with Crippen molar-refractivity contribution in [2.24, 2.45) is 0 Å². The van der Waals surface area contributed by atoms with Gasteiger partial charge in [-0.15, -0.1) is 0 Å². The molecule has 1 atom stereocenters. The van der Waals surface area contributed by atoms with E-state index in [0.717, 1.165) is 52.9 Å². The number of alkyl carbamates (subject to hydrolysis) is 1. The maximum atomic E-state index is 12.7. The summed E-state index contributed by atoms with van der Waals surface area (Å²) >= 11 is 7.67. The molecule has 37 heavy (non-hydrogen) atoms. The normalized spacial score (nSPS) is 18.5. The molecule has 1 aromatic carbocycles. The molecule has 3 N–H and O–H groups in total. The molecule has 1 saturated heterocycles. The Hall–Kier alpha value is -3.08. The molecule has 1 fully saturated rings. The lowest BCUT2D eigenvalue weighted by Gasteiger charge is -2.46. The largest absolute Gasteiger partial charge is 0.444 e. The molecule has 11 heteroatoms. The number of fused-ring (bicyclic) bond motifs is 1. The third kappa shape index (κ3) is 5.46. The monoisotopic (exact) mass is 540 g/mol. The van der Waals surface area contributed by atoms with Crippen molar-refractivity contribution in [3.8, 4) is 0 Å². The second kappa shape index (κ2) is 10.00. The summed E-state index contributed by atoms with van der Waals surface area (Å²) in [7, 11) is 0. The highest BCUT2D eigenvalue weighted by molar-refractivity contribution is 7.99. The number of aromatic nitrogens is 3. The van der Waals surface area contributed by atoms with Gasteiger partial charge in [0.15, 0.2) is 6.17 Å². The smallest absolute Gasteiger partial charge is 0.412 e. The highest BCUT2D eigenvalue weighted by Crippen LogP contribution is 2.41. The van der Waals surface area contributed by atoms with E-state index in [2.05, 4.69) is 43.4 Å². The SMILES string of the molecule is CC(C)(C)OC(=O)N[C@@H]1c2ccccc2C[N+]12CCN(c1cnc(Sc3ccnc(N)c3Cl)cn1)CC2. The number of hydrogen-bond donors (Lipinski definition) is 2. The summed E-state index contributed by atoms with van der Waals surface area (Å²) in [6.45, 7) is 9.83. The number of quaternary nitrogens is 1. The number of amides is 1. The van der Waals surface area contributed by atoms with Gasteiger partial charge in [-0.05, 0) is 26.8 Å². The van der Waals surface area contributed by atoms with Gasteiger partial charge in [0.2, 0.25) is 0 Å². The van der Waals surface area contributed by atoms with Crippen LogP contribution in [0.3, 0.4) is 0 Å². The van der Waals surface area contributed by atoms with Gasteiger partial charge in [-0.25, -0.2) is 19.7 Å². The Bertz CT molecular complexity index is 1290. The van der Waals surface area contributed by atoms with Gasteiger partial charge in [-0.1, -0.05) is 47.6 Å². The van der Waals surface area contributed by atoms with Crippen LogP contribution < -0.4 is 16.0 Å². The number of nitrogens with one attached hydrogen (secondary N) is 1. The van der Waals surface area contributed by atoms with Crippen LogP contribution in [0.1, 0.15) is 38.1 Å². The van der Waals surface area contributed by atoms with E-state index in [4.69, 9.17) is 22.1 Å². The second-order valence-electron chi connectivity index (χ2n) is 10.4. The van der Waals surface area contributed by atoms with Crippen LogP contribution in [0.2, 0.25) is 5.02 Å². The van der Waals surface area contributed by atoms with Crippen LogP contribution in [-0.2, 0) is 11.3 Å². The fourth-order valence-electron chi connectivity index (χ4n) is 4.97. The fourth-order valence-corrected chi connectivity index (χ4v) is 5.96. The molecule has 9 nitrogen and oxygen atoms in total. The van der Waals surface area contributed by atoms with E-state index in [1.54, 1.807) is 18.6 Å². The van der Waals surface area contributed by atoms with Crippen LogP contribution in [0.25, 0.3) is 0 Å². The molecular formula is C26H31ClN7O2S+. The zero-order chi connectivity index (χ0) is 26.2. The number of anilines is 2. The Balaban J connectivity index is 1.28. The van der Waals surface area contributed by atoms with Crippen LogP contribution in [0.5, 0.6) is 0 Å². The first-order chi connectivity index (χ1) is 17.6. The van der Waals surface area contributed by atoms with Crippen molar-refractivity contribution in [1.82, 2.24) is 20.3 Å². The topological polar surface area (TPSA) is 106 Å². The third-order valence-electron chi connectivity index (χ3n) is 6.70. The minimum absolute atomic E-state index is 0.143. The molecule has 4 heterocycles. The van der Waals surface area contributed by atoms with Gasteiger partial charge in [-0.2, -0.15) is 0 Å². The number of rotatable bonds is 4. The maximum absolute atomic E-state index is 12.7. The van der Waals surface area contributed by atoms with Crippen molar-refractivity contribution < 1.29 is 14.0 Å². The lowest BCUT2D eigenvalue weighted by Crippen LogP contribution is -2.61. The van der Waals surface area contributed by atoms with Crippen LogP contribution in [0.4, 0.5) is 16.4 Å². The average Bonchev–Trinajstić information content (AvgIpc) is 3.14. The summed E-state index contributed by atoms with van der Waals surface area (Å²) < 4.78 is 6.36. The van der Waals surface area contributed by atoms with Crippen LogP contribution in [0.15, 0.2) is 58.8 Å². The Morgan fingerprint density at radius 1 is 1.16 bits per heavy atom. The first kappa shape index (κ1) is 25.6. The van der Waals surface area contributed by atoms with Crippen molar-refractivity contribution >= 4 is 41.1 Å². The molecule has 1 amide bonds. The number of halogens is 1. The van der Waals surface area contributed by atoms with Gasteiger partial charge >= 0.3 is 6.09 Å². The second-order valence-corrected chi connectivity index (χ2v) is 11.8. The average molecular weight is 541 g/mol. The maximum Gasteiger partial charge on any atom is 0.412 e. The Morgan fingerprint density at radius 2 is 1.92 bits per heavy atom. The van der Waals surface area contributed by atoms with Crippen LogP contribution in [-0.4, -0.2) is 57.3 Å². The highest BCUT2D eigenvalue weighted by atomic mass is 35.5. The van der Waals surface area contributed by atoms with Gasteiger partial charge < -0.3 is 15.4 Å². The molecule has 0 aliphatic carbocycles. The summed E-state index contributed by atoms with van der Waals surface area (Å²) in [6, 6.07) is 10.2. The fraction of sp³-hybridized carbons (Fsp3) is 0.385. The minimum atomic E-state index is -0.551. The van der Waals surface area contributed by atoms with Crippen molar-refractivity contribution in [1.29, 1.82) is 0 Å². The number of nitrogens with two attached hydrogens (primary N) is 1. The minimum Gasteiger partial charge on any atom is -0.444 e. The molecule has 194 valence electrons. The first-order valence-corrected chi connectivity index (χ1v) is 13.4. The molecular weight excluding hydrogens is 510 g/mol.